The first kappa shape index (κ1) is 14.9. The van der Waals surface area contributed by atoms with Crippen LogP contribution in [-0.2, 0) is 0 Å². The van der Waals surface area contributed by atoms with Crippen molar-refractivity contribution in [1.29, 1.82) is 0 Å². The zero-order valence-electron chi connectivity index (χ0n) is 10.9. The maximum atomic E-state index is 13.6. The second-order valence-corrected chi connectivity index (χ2v) is 4.25. The van der Waals surface area contributed by atoms with Gasteiger partial charge in [0.2, 0.25) is 0 Å². The maximum Gasteiger partial charge on any atom is 0.338 e. The lowest BCUT2D eigenvalue weighted by Crippen LogP contribution is -2.29. The number of hydrogen-bond donors (Lipinski definition) is 1. The number of hydrogen-bond acceptors (Lipinski definition) is 4. The Balaban J connectivity index is 3.43. The molecule has 0 aliphatic carbocycles. The normalized spacial score (nSPS) is 12.0. The Bertz CT molecular complexity index is 519. The Hall–Kier alpha value is -2.18. The van der Waals surface area contributed by atoms with Crippen LogP contribution in [-0.4, -0.2) is 29.1 Å². The van der Waals surface area contributed by atoms with Gasteiger partial charge in [0, 0.05) is 25.2 Å². The number of benzene rings is 1. The summed E-state index contributed by atoms with van der Waals surface area (Å²) >= 11 is 0. The molecule has 0 aliphatic heterocycles. The first-order chi connectivity index (χ1) is 8.79. The molecule has 0 saturated heterocycles. The van der Waals surface area contributed by atoms with Crippen LogP contribution >= 0.6 is 0 Å². The van der Waals surface area contributed by atoms with Gasteiger partial charge in [-0.3, -0.25) is 10.1 Å². The highest BCUT2D eigenvalue weighted by Crippen LogP contribution is 2.32. The summed E-state index contributed by atoms with van der Waals surface area (Å²) < 4.78 is 13.6. The first-order valence-electron chi connectivity index (χ1n) is 5.73. The molecule has 0 aliphatic rings. The largest absolute Gasteiger partial charge is 0.478 e. The van der Waals surface area contributed by atoms with Gasteiger partial charge in [0.15, 0.2) is 0 Å². The fraction of sp³-hybridized carbons (Fsp3) is 0.417. The van der Waals surface area contributed by atoms with Crippen molar-refractivity contribution in [1.82, 2.24) is 0 Å². The lowest BCUT2D eigenvalue weighted by Gasteiger charge is -2.25. The van der Waals surface area contributed by atoms with E-state index in [1.54, 1.807) is 11.9 Å². The molecule has 0 heterocycles. The van der Waals surface area contributed by atoms with E-state index in [4.69, 9.17) is 5.11 Å². The van der Waals surface area contributed by atoms with Gasteiger partial charge in [-0.25, -0.2) is 9.18 Å². The van der Waals surface area contributed by atoms with E-state index in [9.17, 15) is 19.3 Å². The molecule has 1 N–H and O–H groups in total. The summed E-state index contributed by atoms with van der Waals surface area (Å²) in [6.07, 6.45) is 0.718. The molecule has 1 aromatic rings. The number of carboxylic acids is 1. The summed E-state index contributed by atoms with van der Waals surface area (Å²) in [5.74, 6) is -2.51. The Morgan fingerprint density at radius 2 is 2.16 bits per heavy atom. The average molecular weight is 270 g/mol. The maximum absolute atomic E-state index is 13.6. The van der Waals surface area contributed by atoms with Crippen molar-refractivity contribution in [3.8, 4) is 0 Å². The SMILES string of the molecule is CCC(C)N(C)c1cc(F)c(C(=O)O)cc1[N+](=O)[O-]. The molecule has 1 rings (SSSR count). The first-order valence-corrected chi connectivity index (χ1v) is 5.73. The van der Waals surface area contributed by atoms with Crippen LogP contribution in [0.3, 0.4) is 0 Å². The summed E-state index contributed by atoms with van der Waals surface area (Å²) in [5, 5.41) is 19.8. The van der Waals surface area contributed by atoms with E-state index in [1.165, 1.54) is 0 Å². The third kappa shape index (κ3) is 2.98. The zero-order valence-corrected chi connectivity index (χ0v) is 10.9. The number of nitro groups is 1. The number of halogens is 1. The molecular formula is C12H15FN2O4. The summed E-state index contributed by atoms with van der Waals surface area (Å²) in [4.78, 5) is 22.6. The Morgan fingerprint density at radius 1 is 1.58 bits per heavy atom. The minimum Gasteiger partial charge on any atom is -0.478 e. The van der Waals surface area contributed by atoms with Gasteiger partial charge in [0.25, 0.3) is 5.69 Å². The monoisotopic (exact) mass is 270 g/mol. The fourth-order valence-corrected chi connectivity index (χ4v) is 1.66. The highest BCUT2D eigenvalue weighted by atomic mass is 19.1. The lowest BCUT2D eigenvalue weighted by molar-refractivity contribution is -0.384. The van der Waals surface area contributed by atoms with Crippen LogP contribution in [0, 0.1) is 15.9 Å². The minimum absolute atomic E-state index is 0.0335. The predicted molar refractivity (Wildman–Crippen MR) is 68.2 cm³/mol. The van der Waals surface area contributed by atoms with Crippen LogP contribution in [0.4, 0.5) is 15.8 Å². The highest BCUT2D eigenvalue weighted by molar-refractivity contribution is 5.90. The second-order valence-electron chi connectivity index (χ2n) is 4.25. The molecular weight excluding hydrogens is 255 g/mol. The van der Waals surface area contributed by atoms with Crippen molar-refractivity contribution >= 4 is 17.3 Å². The van der Waals surface area contributed by atoms with Gasteiger partial charge in [-0.2, -0.15) is 0 Å². The van der Waals surface area contributed by atoms with E-state index in [-0.39, 0.29) is 11.7 Å². The van der Waals surface area contributed by atoms with E-state index in [0.29, 0.717) is 0 Å². The standard InChI is InChI=1S/C12H15FN2O4/c1-4-7(2)14(3)10-6-9(13)8(12(16)17)5-11(10)15(18)19/h5-7H,4H2,1-3H3,(H,16,17). The molecule has 7 heteroatoms. The second kappa shape index (κ2) is 5.64. The van der Waals surface area contributed by atoms with Crippen LogP contribution in [0.15, 0.2) is 12.1 Å². The Kier molecular flexibility index (Phi) is 4.42. The molecule has 1 aromatic carbocycles. The molecule has 104 valence electrons. The number of nitrogens with zero attached hydrogens (tertiary/aromatic N) is 2. The van der Waals surface area contributed by atoms with E-state index in [1.807, 2.05) is 13.8 Å². The van der Waals surface area contributed by atoms with E-state index < -0.39 is 28.0 Å². The summed E-state index contributed by atoms with van der Waals surface area (Å²) in [6, 6.07) is 1.62. The van der Waals surface area contributed by atoms with Crippen molar-refractivity contribution in [3.63, 3.8) is 0 Å². The summed E-state index contributed by atoms with van der Waals surface area (Å²) in [5.41, 5.74) is -1.04. The lowest BCUT2D eigenvalue weighted by atomic mass is 10.1. The van der Waals surface area contributed by atoms with Gasteiger partial charge in [0.05, 0.1) is 4.92 Å². The molecule has 0 fully saturated rings. The molecule has 19 heavy (non-hydrogen) atoms. The molecule has 0 amide bonds. The third-order valence-electron chi connectivity index (χ3n) is 3.12. The Labute approximate surface area is 109 Å². The predicted octanol–water partition coefficient (Wildman–Crippen LogP) is 2.67. The topological polar surface area (TPSA) is 83.7 Å². The van der Waals surface area contributed by atoms with Crippen LogP contribution in [0.2, 0.25) is 0 Å². The van der Waals surface area contributed by atoms with Crippen LogP contribution in [0.5, 0.6) is 0 Å². The van der Waals surface area contributed by atoms with E-state index >= 15 is 0 Å². The van der Waals surface area contributed by atoms with Crippen molar-refractivity contribution in [3.05, 3.63) is 33.6 Å². The number of carbonyl (C=O) groups is 1. The molecule has 6 nitrogen and oxygen atoms in total. The van der Waals surface area contributed by atoms with E-state index in [2.05, 4.69) is 0 Å². The molecule has 1 atom stereocenters. The number of rotatable bonds is 5. The van der Waals surface area contributed by atoms with Gasteiger partial charge in [-0.15, -0.1) is 0 Å². The molecule has 0 radical (unpaired) electrons. The van der Waals surface area contributed by atoms with Gasteiger partial charge < -0.3 is 10.0 Å². The van der Waals surface area contributed by atoms with Crippen molar-refractivity contribution in [2.45, 2.75) is 26.3 Å². The van der Waals surface area contributed by atoms with Crippen molar-refractivity contribution < 1.29 is 19.2 Å². The molecule has 0 bridgehead atoms. The number of nitro benzene ring substituents is 1. The smallest absolute Gasteiger partial charge is 0.338 e. The van der Waals surface area contributed by atoms with Gasteiger partial charge in [-0.1, -0.05) is 6.92 Å². The molecule has 0 aromatic heterocycles. The third-order valence-corrected chi connectivity index (χ3v) is 3.12. The Morgan fingerprint density at radius 3 is 2.58 bits per heavy atom. The minimum atomic E-state index is -1.53. The van der Waals surface area contributed by atoms with E-state index in [0.717, 1.165) is 18.6 Å². The quantitative estimate of drug-likeness (QED) is 0.656. The molecule has 0 spiro atoms. The molecule has 0 saturated carbocycles. The average Bonchev–Trinajstić information content (AvgIpc) is 2.35. The summed E-state index contributed by atoms with van der Waals surface area (Å²) in [7, 11) is 1.61. The zero-order chi connectivity index (χ0) is 14.7. The molecule has 1 unspecified atom stereocenters. The van der Waals surface area contributed by atoms with Crippen LogP contribution in [0.1, 0.15) is 30.6 Å². The van der Waals surface area contributed by atoms with Crippen molar-refractivity contribution in [2.24, 2.45) is 0 Å². The number of aromatic carboxylic acids is 1. The number of carboxylic acid groups (broad SMARTS) is 1. The van der Waals surface area contributed by atoms with Gasteiger partial charge in [-0.05, 0) is 13.3 Å². The number of anilines is 1. The van der Waals surface area contributed by atoms with Gasteiger partial charge >= 0.3 is 5.97 Å². The van der Waals surface area contributed by atoms with Gasteiger partial charge in [0.1, 0.15) is 17.1 Å². The van der Waals surface area contributed by atoms with Crippen molar-refractivity contribution in [2.75, 3.05) is 11.9 Å². The van der Waals surface area contributed by atoms with Crippen LogP contribution in [0.25, 0.3) is 0 Å². The summed E-state index contributed by atoms with van der Waals surface area (Å²) in [6.45, 7) is 3.74. The highest BCUT2D eigenvalue weighted by Gasteiger charge is 2.25. The fourth-order valence-electron chi connectivity index (χ4n) is 1.66. The van der Waals surface area contributed by atoms with Crippen LogP contribution < -0.4 is 4.90 Å².